The summed E-state index contributed by atoms with van der Waals surface area (Å²) in [5, 5.41) is 2.89. The number of nitrogens with one attached hydrogen (secondary N) is 1. The standard InChI is InChI=1S/C15H23NO2S/c1-11(2)9-10-16-15(17)12(3)18-13-5-7-14(19-4)8-6-13/h5-8,11-12H,9-10H2,1-4H3,(H,16,17). The summed E-state index contributed by atoms with van der Waals surface area (Å²) in [5.41, 5.74) is 0. The van der Waals surface area contributed by atoms with E-state index in [1.807, 2.05) is 30.5 Å². The molecule has 3 nitrogen and oxygen atoms in total. The van der Waals surface area contributed by atoms with E-state index in [1.54, 1.807) is 18.7 Å². The first-order chi connectivity index (χ1) is 9.02. The van der Waals surface area contributed by atoms with Crippen LogP contribution in [0.2, 0.25) is 0 Å². The van der Waals surface area contributed by atoms with Gasteiger partial charge in [-0.25, -0.2) is 0 Å². The molecule has 0 heterocycles. The molecule has 0 aromatic heterocycles. The molecule has 4 heteroatoms. The number of hydrogen-bond acceptors (Lipinski definition) is 3. The second-order valence-electron chi connectivity index (χ2n) is 4.91. The van der Waals surface area contributed by atoms with Gasteiger partial charge in [0.05, 0.1) is 0 Å². The number of amides is 1. The third-order valence-electron chi connectivity index (χ3n) is 2.76. The molecule has 0 spiro atoms. The highest BCUT2D eigenvalue weighted by atomic mass is 32.2. The highest BCUT2D eigenvalue weighted by molar-refractivity contribution is 7.98. The van der Waals surface area contributed by atoms with E-state index in [-0.39, 0.29) is 5.91 Å². The Kier molecular flexibility index (Phi) is 6.78. The highest BCUT2D eigenvalue weighted by Gasteiger charge is 2.13. The lowest BCUT2D eigenvalue weighted by molar-refractivity contribution is -0.127. The van der Waals surface area contributed by atoms with E-state index in [9.17, 15) is 4.79 Å². The Morgan fingerprint density at radius 3 is 2.42 bits per heavy atom. The first kappa shape index (κ1) is 15.9. The maximum atomic E-state index is 11.8. The fourth-order valence-electron chi connectivity index (χ4n) is 1.54. The van der Waals surface area contributed by atoms with Gasteiger partial charge in [0.25, 0.3) is 5.91 Å². The molecule has 1 N–H and O–H groups in total. The first-order valence-corrected chi connectivity index (χ1v) is 7.83. The molecule has 106 valence electrons. The molecule has 1 unspecified atom stereocenters. The number of hydrogen-bond donors (Lipinski definition) is 1. The van der Waals surface area contributed by atoms with Crippen LogP contribution in [0.25, 0.3) is 0 Å². The second-order valence-corrected chi connectivity index (χ2v) is 5.79. The van der Waals surface area contributed by atoms with E-state index in [1.165, 1.54) is 4.90 Å². The fourth-order valence-corrected chi connectivity index (χ4v) is 1.95. The van der Waals surface area contributed by atoms with Crippen molar-refractivity contribution in [3.63, 3.8) is 0 Å². The molecule has 0 saturated carbocycles. The second kappa shape index (κ2) is 8.10. The number of carbonyl (C=O) groups excluding carboxylic acids is 1. The third-order valence-corrected chi connectivity index (χ3v) is 3.51. The largest absolute Gasteiger partial charge is 0.481 e. The number of thioether (sulfide) groups is 1. The van der Waals surface area contributed by atoms with Crippen LogP contribution < -0.4 is 10.1 Å². The van der Waals surface area contributed by atoms with Gasteiger partial charge in [-0.2, -0.15) is 0 Å². The molecule has 0 aliphatic carbocycles. The quantitative estimate of drug-likeness (QED) is 0.779. The van der Waals surface area contributed by atoms with E-state index in [0.717, 1.165) is 12.2 Å². The maximum absolute atomic E-state index is 11.8. The molecule has 0 bridgehead atoms. The van der Waals surface area contributed by atoms with Crippen molar-refractivity contribution in [3.8, 4) is 5.75 Å². The lowest BCUT2D eigenvalue weighted by Gasteiger charge is -2.15. The molecule has 0 fully saturated rings. The van der Waals surface area contributed by atoms with Gasteiger partial charge in [-0.15, -0.1) is 11.8 Å². The first-order valence-electron chi connectivity index (χ1n) is 6.61. The molecule has 0 radical (unpaired) electrons. The predicted molar refractivity (Wildman–Crippen MR) is 80.8 cm³/mol. The summed E-state index contributed by atoms with van der Waals surface area (Å²) in [6, 6.07) is 7.76. The Morgan fingerprint density at radius 1 is 1.26 bits per heavy atom. The van der Waals surface area contributed by atoms with E-state index in [4.69, 9.17) is 4.74 Å². The van der Waals surface area contributed by atoms with Crippen LogP contribution in [0, 0.1) is 5.92 Å². The van der Waals surface area contributed by atoms with Crippen LogP contribution in [-0.4, -0.2) is 24.8 Å². The molecule has 1 rings (SSSR count). The smallest absolute Gasteiger partial charge is 0.260 e. The Balaban J connectivity index is 2.40. The van der Waals surface area contributed by atoms with Crippen molar-refractivity contribution in [2.75, 3.05) is 12.8 Å². The maximum Gasteiger partial charge on any atom is 0.260 e. The average molecular weight is 281 g/mol. The van der Waals surface area contributed by atoms with Crippen molar-refractivity contribution >= 4 is 17.7 Å². The normalized spacial score (nSPS) is 12.3. The van der Waals surface area contributed by atoms with Gasteiger partial charge in [0.15, 0.2) is 6.10 Å². The van der Waals surface area contributed by atoms with Crippen LogP contribution in [0.1, 0.15) is 27.2 Å². The van der Waals surface area contributed by atoms with Gasteiger partial charge in [0, 0.05) is 11.4 Å². The minimum atomic E-state index is -0.465. The summed E-state index contributed by atoms with van der Waals surface area (Å²) < 4.78 is 5.61. The molecular weight excluding hydrogens is 258 g/mol. The van der Waals surface area contributed by atoms with Crippen LogP contribution in [-0.2, 0) is 4.79 Å². The van der Waals surface area contributed by atoms with E-state index in [0.29, 0.717) is 12.5 Å². The van der Waals surface area contributed by atoms with E-state index in [2.05, 4.69) is 19.2 Å². The van der Waals surface area contributed by atoms with Crippen LogP contribution >= 0.6 is 11.8 Å². The summed E-state index contributed by atoms with van der Waals surface area (Å²) in [7, 11) is 0. The van der Waals surface area contributed by atoms with Gasteiger partial charge in [-0.3, -0.25) is 4.79 Å². The highest BCUT2D eigenvalue weighted by Crippen LogP contribution is 2.19. The Hall–Kier alpha value is -1.16. The van der Waals surface area contributed by atoms with Gasteiger partial charge in [-0.05, 0) is 49.8 Å². The zero-order valence-corrected chi connectivity index (χ0v) is 12.9. The fraction of sp³-hybridized carbons (Fsp3) is 0.533. The Morgan fingerprint density at radius 2 is 1.89 bits per heavy atom. The van der Waals surface area contributed by atoms with Gasteiger partial charge in [0.1, 0.15) is 5.75 Å². The SMILES string of the molecule is CSc1ccc(OC(C)C(=O)NCCC(C)C)cc1. The molecule has 0 aliphatic rings. The van der Waals surface area contributed by atoms with Crippen molar-refractivity contribution in [3.05, 3.63) is 24.3 Å². The van der Waals surface area contributed by atoms with Crippen molar-refractivity contribution < 1.29 is 9.53 Å². The third kappa shape index (κ3) is 6.01. The molecular formula is C15H23NO2S. The van der Waals surface area contributed by atoms with Gasteiger partial charge < -0.3 is 10.1 Å². The molecule has 0 saturated heterocycles. The topological polar surface area (TPSA) is 38.3 Å². The van der Waals surface area contributed by atoms with Crippen molar-refractivity contribution in [2.24, 2.45) is 5.92 Å². The molecule has 1 atom stereocenters. The molecule has 19 heavy (non-hydrogen) atoms. The predicted octanol–water partition coefficient (Wildman–Crippen LogP) is 3.34. The van der Waals surface area contributed by atoms with Gasteiger partial charge in [-0.1, -0.05) is 13.8 Å². The molecule has 1 amide bonds. The van der Waals surface area contributed by atoms with Gasteiger partial charge >= 0.3 is 0 Å². The van der Waals surface area contributed by atoms with Crippen LogP contribution in [0.3, 0.4) is 0 Å². The van der Waals surface area contributed by atoms with E-state index < -0.39 is 6.10 Å². The molecule has 1 aromatic carbocycles. The summed E-state index contributed by atoms with van der Waals surface area (Å²) in [6.45, 7) is 6.75. The summed E-state index contributed by atoms with van der Waals surface area (Å²) in [6.07, 6.45) is 2.55. The monoisotopic (exact) mass is 281 g/mol. The van der Waals surface area contributed by atoms with Crippen LogP contribution in [0.4, 0.5) is 0 Å². The number of rotatable bonds is 7. The van der Waals surface area contributed by atoms with Gasteiger partial charge in [0.2, 0.25) is 0 Å². The zero-order chi connectivity index (χ0) is 14.3. The Bertz CT molecular complexity index is 390. The number of carbonyl (C=O) groups is 1. The lowest BCUT2D eigenvalue weighted by atomic mass is 10.1. The number of benzene rings is 1. The lowest BCUT2D eigenvalue weighted by Crippen LogP contribution is -2.37. The summed E-state index contributed by atoms with van der Waals surface area (Å²) >= 11 is 1.68. The minimum Gasteiger partial charge on any atom is -0.481 e. The summed E-state index contributed by atoms with van der Waals surface area (Å²) in [5.74, 6) is 1.26. The molecule has 0 aliphatic heterocycles. The summed E-state index contributed by atoms with van der Waals surface area (Å²) in [4.78, 5) is 13.0. The van der Waals surface area contributed by atoms with E-state index >= 15 is 0 Å². The average Bonchev–Trinajstić information content (AvgIpc) is 2.39. The van der Waals surface area contributed by atoms with Crippen molar-refractivity contribution in [2.45, 2.75) is 38.2 Å². The van der Waals surface area contributed by atoms with Crippen molar-refractivity contribution in [1.29, 1.82) is 0 Å². The van der Waals surface area contributed by atoms with Crippen LogP contribution in [0.15, 0.2) is 29.2 Å². The Labute approximate surface area is 120 Å². The number of ether oxygens (including phenoxy) is 1. The zero-order valence-electron chi connectivity index (χ0n) is 12.1. The van der Waals surface area contributed by atoms with Crippen molar-refractivity contribution in [1.82, 2.24) is 5.32 Å². The molecule has 1 aromatic rings. The van der Waals surface area contributed by atoms with Crippen LogP contribution in [0.5, 0.6) is 5.75 Å². The minimum absolute atomic E-state index is 0.0606.